The number of fused-ring (bicyclic) bond motifs is 1. The van der Waals surface area contributed by atoms with Crippen molar-refractivity contribution in [2.24, 2.45) is 0 Å². The van der Waals surface area contributed by atoms with Gasteiger partial charge in [0, 0.05) is 29.3 Å². The molecule has 2 N–H and O–H groups in total. The first-order valence-electron chi connectivity index (χ1n) is 9.98. The maximum Gasteiger partial charge on any atom is 0.263 e. The molecule has 1 fully saturated rings. The monoisotopic (exact) mass is 388 g/mol. The summed E-state index contributed by atoms with van der Waals surface area (Å²) in [7, 11) is 2.13. The van der Waals surface area contributed by atoms with Crippen molar-refractivity contribution >= 4 is 5.82 Å². The molecule has 1 atom stereocenters. The van der Waals surface area contributed by atoms with Crippen molar-refractivity contribution in [2.75, 3.05) is 25.5 Å². The number of phenolic OH excluding ortho intramolecular Hbond substituents is 1. The summed E-state index contributed by atoms with van der Waals surface area (Å²) in [4.78, 5) is 2.32. The largest absolute Gasteiger partial charge is 0.507 e. The first kappa shape index (κ1) is 19.1. The number of anilines is 1. The zero-order valence-electron chi connectivity index (χ0n) is 16.1. The lowest BCUT2D eigenvalue weighted by Gasteiger charge is -2.31. The summed E-state index contributed by atoms with van der Waals surface area (Å²) in [6.07, 6.45) is 3.57. The molecule has 150 valence electrons. The van der Waals surface area contributed by atoms with Gasteiger partial charge in [0.05, 0.1) is 0 Å². The number of hydrogen-bond acceptors (Lipinski definition) is 5. The number of rotatable bonds is 4. The molecular weight excluding hydrogens is 362 g/mol. The van der Waals surface area contributed by atoms with Crippen LogP contribution in [-0.4, -0.2) is 46.4 Å². The van der Waals surface area contributed by atoms with Crippen molar-refractivity contribution < 1.29 is 13.9 Å². The summed E-state index contributed by atoms with van der Waals surface area (Å²) in [6, 6.07) is 4.35. The minimum Gasteiger partial charge on any atom is -0.507 e. The smallest absolute Gasteiger partial charge is 0.263 e. The van der Waals surface area contributed by atoms with Gasteiger partial charge in [0.1, 0.15) is 11.4 Å². The van der Waals surface area contributed by atoms with Crippen LogP contribution in [0.1, 0.15) is 48.8 Å². The van der Waals surface area contributed by atoms with E-state index in [4.69, 9.17) is 0 Å². The lowest BCUT2D eigenvalue weighted by molar-refractivity contribution is 0.151. The molecule has 5 nitrogen and oxygen atoms in total. The molecule has 0 radical (unpaired) electrons. The summed E-state index contributed by atoms with van der Waals surface area (Å²) < 4.78 is 25.8. The lowest BCUT2D eigenvalue weighted by Crippen LogP contribution is -2.40. The maximum absolute atomic E-state index is 12.9. The number of benzene rings is 1. The second kappa shape index (κ2) is 7.99. The van der Waals surface area contributed by atoms with E-state index in [1.54, 1.807) is 0 Å². The van der Waals surface area contributed by atoms with Crippen LogP contribution in [0.4, 0.5) is 14.6 Å². The Labute approximate surface area is 163 Å². The van der Waals surface area contributed by atoms with Gasteiger partial charge in [-0.1, -0.05) is 6.07 Å². The van der Waals surface area contributed by atoms with E-state index in [1.807, 2.05) is 0 Å². The third-order valence-corrected chi connectivity index (χ3v) is 5.78. The van der Waals surface area contributed by atoms with E-state index in [0.29, 0.717) is 17.3 Å². The Hall–Kier alpha value is -2.28. The molecule has 0 amide bonds. The number of alkyl halides is 2. The summed E-state index contributed by atoms with van der Waals surface area (Å²) in [5, 5.41) is 22.8. The standard InChI is InChI=1S/C21H26F2N4O/c1-27-10-4-5-14(12-27)24-21-16-7-3-2-6-15(16)19(25-26-21)17-9-8-13(20(22)23)11-18(17)28/h8-9,11,14,20,28H,2-7,10,12H2,1H3,(H,24,26). The third kappa shape index (κ3) is 3.81. The Bertz CT molecular complexity index is 859. The lowest BCUT2D eigenvalue weighted by atomic mass is 9.88. The predicted octanol–water partition coefficient (Wildman–Crippen LogP) is 4.17. The summed E-state index contributed by atoms with van der Waals surface area (Å²) in [5.74, 6) is 0.664. The Morgan fingerprint density at radius 3 is 2.64 bits per heavy atom. The van der Waals surface area contributed by atoms with Gasteiger partial charge in [-0.15, -0.1) is 10.2 Å². The van der Waals surface area contributed by atoms with Crippen LogP contribution in [0.5, 0.6) is 5.75 Å². The van der Waals surface area contributed by atoms with Crippen LogP contribution in [-0.2, 0) is 12.8 Å². The van der Waals surface area contributed by atoms with Gasteiger partial charge in [0.15, 0.2) is 5.82 Å². The first-order valence-corrected chi connectivity index (χ1v) is 9.98. The third-order valence-electron chi connectivity index (χ3n) is 5.78. The fourth-order valence-electron chi connectivity index (χ4n) is 4.34. The number of nitrogens with zero attached hydrogens (tertiary/aromatic N) is 3. The van der Waals surface area contributed by atoms with Crippen molar-refractivity contribution in [3.8, 4) is 17.0 Å². The quantitative estimate of drug-likeness (QED) is 0.823. The van der Waals surface area contributed by atoms with E-state index in [9.17, 15) is 13.9 Å². The predicted molar refractivity (Wildman–Crippen MR) is 105 cm³/mol. The van der Waals surface area contributed by atoms with E-state index >= 15 is 0 Å². The molecule has 2 heterocycles. The molecule has 4 rings (SSSR count). The number of aromatic hydroxyl groups is 1. The highest BCUT2D eigenvalue weighted by Crippen LogP contribution is 2.38. The Morgan fingerprint density at radius 1 is 1.14 bits per heavy atom. The van der Waals surface area contributed by atoms with Crippen LogP contribution in [0, 0.1) is 0 Å². The molecule has 1 aromatic carbocycles. The molecule has 0 spiro atoms. The van der Waals surface area contributed by atoms with Crippen LogP contribution in [0.25, 0.3) is 11.3 Å². The molecule has 1 saturated heterocycles. The summed E-state index contributed by atoms with van der Waals surface area (Å²) in [6.45, 7) is 2.10. The zero-order valence-corrected chi connectivity index (χ0v) is 16.1. The minimum atomic E-state index is -2.61. The Kier molecular flexibility index (Phi) is 5.44. The number of hydrogen-bond donors (Lipinski definition) is 2. The van der Waals surface area contributed by atoms with Crippen molar-refractivity contribution in [2.45, 2.75) is 51.0 Å². The number of nitrogens with one attached hydrogen (secondary N) is 1. The number of phenols is 1. The van der Waals surface area contributed by atoms with Gasteiger partial charge in [-0.25, -0.2) is 8.78 Å². The van der Waals surface area contributed by atoms with E-state index in [2.05, 4.69) is 27.5 Å². The number of likely N-dealkylation sites (N-methyl/N-ethyl adjacent to an activating group) is 1. The second-order valence-corrected chi connectivity index (χ2v) is 7.88. The molecule has 0 bridgehead atoms. The number of likely N-dealkylation sites (tertiary alicyclic amines) is 1. The Balaban J connectivity index is 1.68. The van der Waals surface area contributed by atoms with Gasteiger partial charge in [0.25, 0.3) is 6.43 Å². The SMILES string of the molecule is CN1CCCC(Nc2nnc(-c3ccc(C(F)F)cc3O)c3c2CCCC3)C1. The first-order chi connectivity index (χ1) is 13.5. The minimum absolute atomic E-state index is 0.172. The summed E-state index contributed by atoms with van der Waals surface area (Å²) >= 11 is 0. The number of piperidine rings is 1. The molecule has 28 heavy (non-hydrogen) atoms. The molecule has 0 saturated carbocycles. The van der Waals surface area contributed by atoms with Gasteiger partial charge in [0.2, 0.25) is 0 Å². The van der Waals surface area contributed by atoms with Crippen molar-refractivity contribution in [1.82, 2.24) is 15.1 Å². The highest BCUT2D eigenvalue weighted by molar-refractivity contribution is 5.73. The van der Waals surface area contributed by atoms with Gasteiger partial charge in [-0.05, 0) is 69.8 Å². The van der Waals surface area contributed by atoms with Crippen LogP contribution in [0.15, 0.2) is 18.2 Å². The highest BCUT2D eigenvalue weighted by atomic mass is 19.3. The molecule has 2 aliphatic rings. The van der Waals surface area contributed by atoms with E-state index in [-0.39, 0.29) is 11.3 Å². The van der Waals surface area contributed by atoms with Crippen LogP contribution in [0.2, 0.25) is 0 Å². The van der Waals surface area contributed by atoms with E-state index < -0.39 is 6.43 Å². The molecule has 7 heteroatoms. The second-order valence-electron chi connectivity index (χ2n) is 7.88. The van der Waals surface area contributed by atoms with E-state index in [1.165, 1.54) is 12.1 Å². The van der Waals surface area contributed by atoms with Crippen molar-refractivity contribution in [1.29, 1.82) is 0 Å². The van der Waals surface area contributed by atoms with Crippen LogP contribution < -0.4 is 5.32 Å². The molecule has 2 aromatic rings. The fourth-order valence-corrected chi connectivity index (χ4v) is 4.34. The molecular formula is C21H26F2N4O. The number of halogens is 2. The average molecular weight is 388 g/mol. The molecule has 1 aliphatic carbocycles. The van der Waals surface area contributed by atoms with Crippen molar-refractivity contribution in [3.05, 3.63) is 34.9 Å². The molecule has 1 aliphatic heterocycles. The van der Waals surface area contributed by atoms with Gasteiger partial charge in [-0.2, -0.15) is 0 Å². The van der Waals surface area contributed by atoms with Gasteiger partial charge >= 0.3 is 0 Å². The normalized spacial score (nSPS) is 20.2. The van der Waals surface area contributed by atoms with Gasteiger partial charge < -0.3 is 15.3 Å². The van der Waals surface area contributed by atoms with Crippen LogP contribution in [0.3, 0.4) is 0 Å². The van der Waals surface area contributed by atoms with E-state index in [0.717, 1.165) is 74.6 Å². The topological polar surface area (TPSA) is 61.3 Å². The molecule has 1 unspecified atom stereocenters. The zero-order chi connectivity index (χ0) is 19.7. The number of aromatic nitrogens is 2. The molecule has 1 aromatic heterocycles. The van der Waals surface area contributed by atoms with Gasteiger partial charge in [-0.3, -0.25) is 0 Å². The summed E-state index contributed by atoms with van der Waals surface area (Å²) in [5.41, 5.74) is 3.12. The Morgan fingerprint density at radius 2 is 1.93 bits per heavy atom. The average Bonchev–Trinajstić information content (AvgIpc) is 2.68. The fraction of sp³-hybridized carbons (Fsp3) is 0.524. The maximum atomic E-state index is 12.9. The highest BCUT2D eigenvalue weighted by Gasteiger charge is 2.25. The van der Waals surface area contributed by atoms with Crippen LogP contribution >= 0.6 is 0 Å². The van der Waals surface area contributed by atoms with Crippen molar-refractivity contribution in [3.63, 3.8) is 0 Å².